The van der Waals surface area contributed by atoms with Gasteiger partial charge in [0.2, 0.25) is 5.91 Å². The molecule has 0 saturated heterocycles. The Morgan fingerprint density at radius 2 is 1.90 bits per heavy atom. The lowest BCUT2D eigenvalue weighted by Gasteiger charge is -2.12. The van der Waals surface area contributed by atoms with Crippen LogP contribution in [-0.2, 0) is 4.79 Å². The van der Waals surface area contributed by atoms with Crippen molar-refractivity contribution < 1.29 is 9.90 Å². The van der Waals surface area contributed by atoms with Crippen LogP contribution in [0.15, 0.2) is 24.3 Å². The number of aliphatic hydroxyl groups is 1. The maximum Gasteiger partial charge on any atom is 0.244 e. The number of amides is 1. The van der Waals surface area contributed by atoms with Crippen LogP contribution < -0.4 is 5.32 Å². The van der Waals surface area contributed by atoms with E-state index in [0.717, 1.165) is 5.56 Å². The van der Waals surface area contributed by atoms with Crippen LogP contribution in [0.5, 0.6) is 0 Å². The number of carbonyl (C=O) groups excluding carboxylic acids is 1. The molecular weight excluding hydrogens is 297 g/mol. The molecule has 20 heavy (non-hydrogen) atoms. The highest BCUT2D eigenvalue weighted by Crippen LogP contribution is 2.19. The van der Waals surface area contributed by atoms with Gasteiger partial charge in [-0.3, -0.25) is 4.79 Å². The molecule has 2 N–H and O–H groups in total. The van der Waals surface area contributed by atoms with Gasteiger partial charge < -0.3 is 10.4 Å². The molecule has 0 radical (unpaired) electrons. The van der Waals surface area contributed by atoms with Gasteiger partial charge in [-0.05, 0) is 42.2 Å². The van der Waals surface area contributed by atoms with Crippen molar-refractivity contribution in [2.75, 3.05) is 6.54 Å². The average molecular weight is 316 g/mol. The van der Waals surface area contributed by atoms with Crippen molar-refractivity contribution >= 4 is 35.2 Å². The van der Waals surface area contributed by atoms with Crippen LogP contribution in [0.2, 0.25) is 10.0 Å². The number of aliphatic hydroxyl groups excluding tert-OH is 1. The molecule has 0 aromatic heterocycles. The summed E-state index contributed by atoms with van der Waals surface area (Å²) in [4.78, 5) is 11.6. The zero-order valence-corrected chi connectivity index (χ0v) is 13.1. The van der Waals surface area contributed by atoms with Crippen molar-refractivity contribution in [1.82, 2.24) is 5.32 Å². The Morgan fingerprint density at radius 1 is 1.30 bits per heavy atom. The molecule has 1 unspecified atom stereocenters. The van der Waals surface area contributed by atoms with Gasteiger partial charge in [0.15, 0.2) is 0 Å². The van der Waals surface area contributed by atoms with Crippen molar-refractivity contribution in [1.29, 1.82) is 0 Å². The third-order valence-corrected chi connectivity index (χ3v) is 3.00. The molecule has 1 amide bonds. The van der Waals surface area contributed by atoms with Crippen molar-refractivity contribution in [3.8, 4) is 0 Å². The monoisotopic (exact) mass is 315 g/mol. The largest absolute Gasteiger partial charge is 0.391 e. The minimum Gasteiger partial charge on any atom is -0.391 e. The molecule has 1 aromatic carbocycles. The van der Waals surface area contributed by atoms with Crippen molar-refractivity contribution in [3.05, 3.63) is 39.9 Å². The second kappa shape index (κ2) is 8.30. The molecule has 110 valence electrons. The Balaban J connectivity index is 2.47. The fraction of sp³-hybridized carbons (Fsp3) is 0.400. The summed E-state index contributed by atoms with van der Waals surface area (Å²) in [5, 5.41) is 13.3. The molecule has 0 aliphatic rings. The standard InChI is InChI=1S/C15H19Cl2NO2/c1-10(2)5-14(19)9-18-15(20)4-3-11-6-12(16)8-13(17)7-11/h3-4,6-8,10,14,19H,5,9H2,1-2H3,(H,18,20)/b4-3+. The van der Waals surface area contributed by atoms with Gasteiger partial charge >= 0.3 is 0 Å². The summed E-state index contributed by atoms with van der Waals surface area (Å²) in [5.74, 6) is 0.134. The van der Waals surface area contributed by atoms with Crippen LogP contribution in [0, 0.1) is 5.92 Å². The van der Waals surface area contributed by atoms with Crippen LogP contribution in [0.3, 0.4) is 0 Å². The Kier molecular flexibility index (Phi) is 7.06. The SMILES string of the molecule is CC(C)CC(O)CNC(=O)/C=C/c1cc(Cl)cc(Cl)c1. The number of halogens is 2. The fourth-order valence-electron chi connectivity index (χ4n) is 1.75. The van der Waals surface area contributed by atoms with E-state index in [-0.39, 0.29) is 12.5 Å². The van der Waals surface area contributed by atoms with E-state index in [2.05, 4.69) is 5.32 Å². The van der Waals surface area contributed by atoms with Crippen molar-refractivity contribution in [3.63, 3.8) is 0 Å². The van der Waals surface area contributed by atoms with E-state index >= 15 is 0 Å². The Morgan fingerprint density at radius 3 is 2.45 bits per heavy atom. The molecule has 0 spiro atoms. The molecule has 0 heterocycles. The summed E-state index contributed by atoms with van der Waals surface area (Å²) in [6.07, 6.45) is 3.16. The van der Waals surface area contributed by atoms with E-state index in [1.165, 1.54) is 6.08 Å². The number of nitrogens with one attached hydrogen (secondary N) is 1. The summed E-state index contributed by atoms with van der Waals surface area (Å²) in [6.45, 7) is 4.29. The summed E-state index contributed by atoms with van der Waals surface area (Å²) < 4.78 is 0. The molecule has 0 aliphatic heterocycles. The minimum atomic E-state index is -0.520. The zero-order valence-electron chi connectivity index (χ0n) is 11.6. The third-order valence-electron chi connectivity index (χ3n) is 2.57. The van der Waals surface area contributed by atoms with Crippen LogP contribution in [0.25, 0.3) is 6.08 Å². The minimum absolute atomic E-state index is 0.248. The third kappa shape index (κ3) is 6.94. The fourth-order valence-corrected chi connectivity index (χ4v) is 2.29. The van der Waals surface area contributed by atoms with E-state index in [0.29, 0.717) is 22.4 Å². The molecular formula is C15H19Cl2NO2. The molecule has 0 fully saturated rings. The first-order valence-electron chi connectivity index (χ1n) is 6.47. The van der Waals surface area contributed by atoms with E-state index in [1.54, 1.807) is 24.3 Å². The van der Waals surface area contributed by atoms with Gasteiger partial charge in [-0.2, -0.15) is 0 Å². The first kappa shape index (κ1) is 17.0. The van der Waals surface area contributed by atoms with E-state index in [9.17, 15) is 9.90 Å². The number of rotatable bonds is 6. The Bertz CT molecular complexity index is 467. The van der Waals surface area contributed by atoms with Gasteiger partial charge in [0, 0.05) is 22.7 Å². The molecule has 0 saturated carbocycles. The van der Waals surface area contributed by atoms with Gasteiger partial charge in [0.25, 0.3) is 0 Å². The molecule has 3 nitrogen and oxygen atoms in total. The smallest absolute Gasteiger partial charge is 0.244 e. The lowest BCUT2D eigenvalue weighted by molar-refractivity contribution is -0.116. The van der Waals surface area contributed by atoms with Gasteiger partial charge in [-0.15, -0.1) is 0 Å². The molecule has 5 heteroatoms. The predicted molar refractivity (Wildman–Crippen MR) is 84.0 cm³/mol. The molecule has 1 rings (SSSR count). The summed E-state index contributed by atoms with van der Waals surface area (Å²) >= 11 is 11.7. The van der Waals surface area contributed by atoms with Crippen LogP contribution in [0.1, 0.15) is 25.8 Å². The van der Waals surface area contributed by atoms with E-state index in [1.807, 2.05) is 13.8 Å². The lowest BCUT2D eigenvalue weighted by atomic mass is 10.1. The van der Waals surface area contributed by atoms with Crippen molar-refractivity contribution in [2.45, 2.75) is 26.4 Å². The van der Waals surface area contributed by atoms with Crippen molar-refractivity contribution in [2.24, 2.45) is 5.92 Å². The maximum absolute atomic E-state index is 11.6. The molecule has 0 aliphatic carbocycles. The molecule has 0 bridgehead atoms. The number of hydrogen-bond donors (Lipinski definition) is 2. The first-order valence-corrected chi connectivity index (χ1v) is 7.22. The predicted octanol–water partition coefficient (Wildman–Crippen LogP) is 3.53. The van der Waals surface area contributed by atoms with E-state index < -0.39 is 6.10 Å². The second-order valence-electron chi connectivity index (χ2n) is 5.06. The lowest BCUT2D eigenvalue weighted by Crippen LogP contribution is -2.31. The zero-order chi connectivity index (χ0) is 15.1. The van der Waals surface area contributed by atoms with Gasteiger partial charge in [-0.25, -0.2) is 0 Å². The van der Waals surface area contributed by atoms with Gasteiger partial charge in [0.1, 0.15) is 0 Å². The second-order valence-corrected chi connectivity index (χ2v) is 5.94. The molecule has 1 aromatic rings. The highest BCUT2D eigenvalue weighted by Gasteiger charge is 2.07. The van der Waals surface area contributed by atoms with Crippen LogP contribution >= 0.6 is 23.2 Å². The topological polar surface area (TPSA) is 49.3 Å². The number of carbonyl (C=O) groups is 1. The Hall–Kier alpha value is -1.03. The molecule has 1 atom stereocenters. The normalized spacial score (nSPS) is 12.9. The highest BCUT2D eigenvalue weighted by molar-refractivity contribution is 6.34. The Labute approximate surface area is 129 Å². The van der Waals surface area contributed by atoms with Crippen LogP contribution in [0.4, 0.5) is 0 Å². The summed E-state index contributed by atoms with van der Waals surface area (Å²) in [5.41, 5.74) is 0.750. The average Bonchev–Trinajstić information content (AvgIpc) is 2.32. The summed E-state index contributed by atoms with van der Waals surface area (Å²) in [6, 6.07) is 5.05. The number of benzene rings is 1. The number of hydrogen-bond acceptors (Lipinski definition) is 2. The maximum atomic E-state index is 11.6. The summed E-state index contributed by atoms with van der Waals surface area (Å²) in [7, 11) is 0. The van der Waals surface area contributed by atoms with E-state index in [4.69, 9.17) is 23.2 Å². The van der Waals surface area contributed by atoms with Gasteiger partial charge in [-0.1, -0.05) is 37.0 Å². The van der Waals surface area contributed by atoms with Crippen LogP contribution in [-0.4, -0.2) is 23.7 Å². The highest BCUT2D eigenvalue weighted by atomic mass is 35.5. The quantitative estimate of drug-likeness (QED) is 0.789. The van der Waals surface area contributed by atoms with Gasteiger partial charge in [0.05, 0.1) is 6.10 Å². The first-order chi connectivity index (χ1) is 9.36.